The molecule has 2 aromatic carbocycles. The average molecular weight is 424 g/mol. The minimum absolute atomic E-state index is 0.0211. The van der Waals surface area contributed by atoms with Crippen molar-refractivity contribution in [2.75, 3.05) is 0 Å². The number of aromatic nitrogens is 1. The smallest absolute Gasteiger partial charge is 0.243 e. The van der Waals surface area contributed by atoms with Gasteiger partial charge in [0.1, 0.15) is 6.04 Å². The number of fused-ring (bicyclic) bond motifs is 1. The van der Waals surface area contributed by atoms with Gasteiger partial charge in [-0.05, 0) is 22.3 Å². The highest BCUT2D eigenvalue weighted by molar-refractivity contribution is 7.09. The van der Waals surface area contributed by atoms with E-state index in [0.717, 1.165) is 27.0 Å². The molecule has 3 rings (SSSR count). The van der Waals surface area contributed by atoms with Crippen LogP contribution in [0, 0.1) is 5.92 Å². The Morgan fingerprint density at radius 3 is 2.43 bits per heavy atom. The van der Waals surface area contributed by atoms with Crippen molar-refractivity contribution in [1.82, 2.24) is 15.6 Å². The van der Waals surface area contributed by atoms with Gasteiger partial charge in [0.05, 0.1) is 23.7 Å². The summed E-state index contributed by atoms with van der Waals surface area (Å²) in [5.41, 5.74) is 1.78. The van der Waals surface area contributed by atoms with Gasteiger partial charge in [-0.15, -0.1) is 11.3 Å². The van der Waals surface area contributed by atoms with E-state index in [4.69, 9.17) is 0 Å². The van der Waals surface area contributed by atoms with E-state index in [9.17, 15) is 9.59 Å². The van der Waals surface area contributed by atoms with Crippen LogP contribution in [0.1, 0.15) is 49.9 Å². The van der Waals surface area contributed by atoms with E-state index in [1.807, 2.05) is 61.7 Å². The molecule has 0 bridgehead atoms. The van der Waals surface area contributed by atoms with Crippen molar-refractivity contribution in [3.8, 4) is 0 Å². The first-order valence-corrected chi connectivity index (χ1v) is 11.2. The number of benzene rings is 2. The number of thiazole rings is 1. The van der Waals surface area contributed by atoms with Crippen LogP contribution in [0.15, 0.2) is 47.8 Å². The summed E-state index contributed by atoms with van der Waals surface area (Å²) >= 11 is 1.60. The molecule has 1 atom stereocenters. The summed E-state index contributed by atoms with van der Waals surface area (Å²) in [6.45, 7) is 8.43. The van der Waals surface area contributed by atoms with Crippen LogP contribution in [0.25, 0.3) is 10.8 Å². The summed E-state index contributed by atoms with van der Waals surface area (Å²) in [5.74, 6) is 0.00955. The van der Waals surface area contributed by atoms with Crippen molar-refractivity contribution >= 4 is 33.9 Å². The van der Waals surface area contributed by atoms with E-state index in [1.165, 1.54) is 0 Å². The molecule has 30 heavy (non-hydrogen) atoms. The molecular weight excluding hydrogens is 394 g/mol. The van der Waals surface area contributed by atoms with Crippen LogP contribution in [0.5, 0.6) is 0 Å². The van der Waals surface area contributed by atoms with Gasteiger partial charge in [-0.1, -0.05) is 70.2 Å². The van der Waals surface area contributed by atoms with Gasteiger partial charge in [-0.2, -0.15) is 0 Å². The van der Waals surface area contributed by atoms with Crippen molar-refractivity contribution in [3.63, 3.8) is 0 Å². The lowest BCUT2D eigenvalue weighted by Crippen LogP contribution is -2.49. The number of hydrogen-bond acceptors (Lipinski definition) is 4. The Bertz CT molecular complexity index is 1030. The fourth-order valence-electron chi connectivity index (χ4n) is 3.25. The minimum Gasteiger partial charge on any atom is -0.349 e. The van der Waals surface area contributed by atoms with E-state index < -0.39 is 6.04 Å². The largest absolute Gasteiger partial charge is 0.349 e. The normalized spacial score (nSPS) is 12.3. The molecule has 0 spiro atoms. The third-order valence-corrected chi connectivity index (χ3v) is 6.15. The number of carbonyl (C=O) groups is 2. The first-order chi connectivity index (χ1) is 14.3. The van der Waals surface area contributed by atoms with Crippen molar-refractivity contribution in [2.24, 2.45) is 5.92 Å². The van der Waals surface area contributed by atoms with Gasteiger partial charge in [0, 0.05) is 11.3 Å². The molecule has 0 saturated heterocycles. The monoisotopic (exact) mass is 423 g/mol. The van der Waals surface area contributed by atoms with Crippen LogP contribution in [0.2, 0.25) is 0 Å². The molecule has 0 aliphatic rings. The maximum atomic E-state index is 12.7. The molecule has 0 radical (unpaired) electrons. The van der Waals surface area contributed by atoms with Gasteiger partial charge in [-0.25, -0.2) is 4.98 Å². The van der Waals surface area contributed by atoms with Gasteiger partial charge in [0.25, 0.3) is 0 Å². The summed E-state index contributed by atoms with van der Waals surface area (Å²) in [5, 5.41) is 11.1. The molecule has 0 saturated carbocycles. The zero-order valence-corrected chi connectivity index (χ0v) is 18.8. The highest BCUT2D eigenvalue weighted by Gasteiger charge is 2.24. The van der Waals surface area contributed by atoms with E-state index in [0.29, 0.717) is 12.5 Å². The molecule has 1 unspecified atom stereocenters. The highest BCUT2D eigenvalue weighted by atomic mass is 32.1. The number of amides is 2. The molecule has 0 fully saturated rings. The lowest BCUT2D eigenvalue weighted by atomic mass is 10.0. The van der Waals surface area contributed by atoms with Crippen molar-refractivity contribution in [2.45, 2.75) is 52.6 Å². The Labute approximate surface area is 181 Å². The zero-order valence-electron chi connectivity index (χ0n) is 17.9. The van der Waals surface area contributed by atoms with Crippen molar-refractivity contribution in [1.29, 1.82) is 0 Å². The zero-order chi connectivity index (χ0) is 21.7. The van der Waals surface area contributed by atoms with Crippen LogP contribution in [-0.2, 0) is 22.6 Å². The third kappa shape index (κ3) is 5.66. The predicted molar refractivity (Wildman–Crippen MR) is 122 cm³/mol. The fourth-order valence-corrected chi connectivity index (χ4v) is 4.09. The van der Waals surface area contributed by atoms with E-state index in [2.05, 4.69) is 29.5 Å². The SMILES string of the molecule is CC(C)c1nc(CNC(=O)C(NC(=O)Cc2ccc3ccccc3c2)C(C)C)cs1. The Morgan fingerprint density at radius 2 is 1.77 bits per heavy atom. The van der Waals surface area contributed by atoms with Crippen molar-refractivity contribution < 1.29 is 9.59 Å². The Balaban J connectivity index is 1.59. The number of nitrogens with one attached hydrogen (secondary N) is 2. The number of hydrogen-bond donors (Lipinski definition) is 2. The second kappa shape index (κ2) is 9.85. The summed E-state index contributed by atoms with van der Waals surface area (Å²) in [7, 11) is 0. The lowest BCUT2D eigenvalue weighted by molar-refractivity contribution is -0.129. The molecule has 3 aromatic rings. The minimum atomic E-state index is -0.582. The van der Waals surface area contributed by atoms with Crippen molar-refractivity contribution in [3.05, 3.63) is 64.1 Å². The Hall–Kier alpha value is -2.73. The molecule has 0 aliphatic heterocycles. The lowest BCUT2D eigenvalue weighted by Gasteiger charge is -2.21. The molecule has 1 aromatic heterocycles. The second-order valence-electron chi connectivity index (χ2n) is 8.20. The van der Waals surface area contributed by atoms with Crippen LogP contribution in [0.3, 0.4) is 0 Å². The van der Waals surface area contributed by atoms with E-state index >= 15 is 0 Å². The molecular formula is C24H29N3O2S. The molecule has 158 valence electrons. The van der Waals surface area contributed by atoms with Gasteiger partial charge >= 0.3 is 0 Å². The number of carbonyl (C=O) groups excluding carboxylic acids is 2. The third-order valence-electron chi connectivity index (χ3n) is 4.95. The Morgan fingerprint density at radius 1 is 1.03 bits per heavy atom. The second-order valence-corrected chi connectivity index (χ2v) is 9.09. The van der Waals surface area contributed by atoms with Gasteiger partial charge in [-0.3, -0.25) is 9.59 Å². The summed E-state index contributed by atoms with van der Waals surface area (Å²) < 4.78 is 0. The quantitative estimate of drug-likeness (QED) is 0.563. The van der Waals surface area contributed by atoms with Crippen LogP contribution >= 0.6 is 11.3 Å². The molecule has 0 aliphatic carbocycles. The standard InChI is InChI=1S/C24H29N3O2S/c1-15(2)22(23(29)25-13-20-14-30-24(26-20)16(3)4)27-21(28)12-17-9-10-18-7-5-6-8-19(18)11-17/h5-11,14-16,22H,12-13H2,1-4H3,(H,25,29)(H,27,28). The molecule has 2 N–H and O–H groups in total. The summed E-state index contributed by atoms with van der Waals surface area (Å²) in [6.07, 6.45) is 0.241. The first-order valence-electron chi connectivity index (χ1n) is 10.3. The maximum absolute atomic E-state index is 12.7. The van der Waals surface area contributed by atoms with Gasteiger partial charge < -0.3 is 10.6 Å². The summed E-state index contributed by atoms with van der Waals surface area (Å²) in [6, 6.07) is 13.5. The summed E-state index contributed by atoms with van der Waals surface area (Å²) in [4.78, 5) is 29.9. The maximum Gasteiger partial charge on any atom is 0.243 e. The van der Waals surface area contributed by atoms with E-state index in [1.54, 1.807) is 11.3 Å². The molecule has 2 amide bonds. The average Bonchev–Trinajstić information content (AvgIpc) is 3.19. The molecule has 5 nitrogen and oxygen atoms in total. The van der Waals surface area contributed by atoms with Crippen LogP contribution < -0.4 is 10.6 Å². The molecule has 1 heterocycles. The molecule has 6 heteroatoms. The van der Waals surface area contributed by atoms with Gasteiger partial charge in [0.15, 0.2) is 0 Å². The predicted octanol–water partition coefficient (Wildman–Crippen LogP) is 4.42. The van der Waals surface area contributed by atoms with E-state index in [-0.39, 0.29) is 24.2 Å². The number of nitrogens with zero attached hydrogens (tertiary/aromatic N) is 1. The number of rotatable bonds is 8. The topological polar surface area (TPSA) is 71.1 Å². The highest BCUT2D eigenvalue weighted by Crippen LogP contribution is 2.19. The van der Waals surface area contributed by atoms with Crippen LogP contribution in [0.4, 0.5) is 0 Å². The fraction of sp³-hybridized carbons (Fsp3) is 0.375. The Kier molecular flexibility index (Phi) is 7.21. The van der Waals surface area contributed by atoms with Crippen LogP contribution in [-0.4, -0.2) is 22.8 Å². The van der Waals surface area contributed by atoms with Gasteiger partial charge in [0.2, 0.25) is 11.8 Å². The first kappa shape index (κ1) is 22.0.